The van der Waals surface area contributed by atoms with Gasteiger partial charge in [-0.25, -0.2) is 0 Å². The summed E-state index contributed by atoms with van der Waals surface area (Å²) in [7, 11) is 0. The van der Waals surface area contributed by atoms with Crippen molar-refractivity contribution < 1.29 is 0 Å². The molecule has 2 aliphatic rings. The predicted molar refractivity (Wildman–Crippen MR) is 83.6 cm³/mol. The van der Waals surface area contributed by atoms with Crippen LogP contribution in [0.3, 0.4) is 0 Å². The van der Waals surface area contributed by atoms with E-state index < -0.39 is 0 Å². The predicted octanol–water partition coefficient (Wildman–Crippen LogP) is 4.00. The zero-order valence-electron chi connectivity index (χ0n) is 11.5. The van der Waals surface area contributed by atoms with Gasteiger partial charge in [-0.3, -0.25) is 4.99 Å². The molecule has 3 atom stereocenters. The molecule has 0 bridgehead atoms. The first kappa shape index (κ1) is 13.0. The lowest BCUT2D eigenvalue weighted by atomic mass is 9.86. The first-order chi connectivity index (χ1) is 9.33. The topological polar surface area (TPSA) is 24.4 Å². The molecule has 1 aromatic carbocycles. The molecule has 1 saturated carbocycles. The van der Waals surface area contributed by atoms with E-state index in [9.17, 15) is 0 Å². The Balaban J connectivity index is 1.57. The average Bonchev–Trinajstić information content (AvgIpc) is 2.91. The van der Waals surface area contributed by atoms with E-state index in [4.69, 9.17) is 4.99 Å². The third kappa shape index (κ3) is 3.14. The third-order valence-corrected chi connectivity index (χ3v) is 5.42. The molecule has 3 rings (SSSR count). The number of nitrogens with one attached hydrogen (secondary N) is 1. The smallest absolute Gasteiger partial charge is 0.157 e. The van der Waals surface area contributed by atoms with Gasteiger partial charge in [-0.2, -0.15) is 0 Å². The largest absolute Gasteiger partial charge is 0.362 e. The van der Waals surface area contributed by atoms with Crippen molar-refractivity contribution in [1.82, 2.24) is 5.32 Å². The molecule has 1 N–H and O–H groups in total. The van der Waals surface area contributed by atoms with Crippen LogP contribution in [-0.2, 0) is 0 Å². The molecule has 0 spiro atoms. The number of hydrogen-bond acceptors (Lipinski definition) is 3. The summed E-state index contributed by atoms with van der Waals surface area (Å²) in [5, 5.41) is 5.34. The number of thioether (sulfide) groups is 1. The fourth-order valence-corrected chi connectivity index (χ4v) is 4.07. The first-order valence-corrected chi connectivity index (χ1v) is 8.23. The van der Waals surface area contributed by atoms with E-state index in [2.05, 4.69) is 42.6 Å². The van der Waals surface area contributed by atoms with Crippen LogP contribution in [0.2, 0.25) is 0 Å². The molecule has 1 heterocycles. The van der Waals surface area contributed by atoms with Crippen molar-refractivity contribution in [1.29, 1.82) is 0 Å². The van der Waals surface area contributed by atoms with Crippen LogP contribution in [0, 0.1) is 5.92 Å². The Morgan fingerprint density at radius 3 is 2.74 bits per heavy atom. The summed E-state index contributed by atoms with van der Waals surface area (Å²) in [6, 6.07) is 11.4. The maximum absolute atomic E-state index is 4.69. The van der Waals surface area contributed by atoms with Crippen LogP contribution in [0.1, 0.15) is 43.4 Å². The fourth-order valence-electron chi connectivity index (χ4n) is 2.99. The van der Waals surface area contributed by atoms with E-state index in [0.29, 0.717) is 11.3 Å². The van der Waals surface area contributed by atoms with Gasteiger partial charge in [0.25, 0.3) is 0 Å². The van der Waals surface area contributed by atoms with Crippen molar-refractivity contribution in [3.05, 3.63) is 35.9 Å². The molecule has 3 unspecified atom stereocenters. The summed E-state index contributed by atoms with van der Waals surface area (Å²) in [6.45, 7) is 3.28. The Kier molecular flexibility index (Phi) is 4.12. The van der Waals surface area contributed by atoms with Crippen molar-refractivity contribution >= 4 is 16.9 Å². The van der Waals surface area contributed by atoms with Gasteiger partial charge in [0.05, 0.1) is 11.8 Å². The van der Waals surface area contributed by atoms with Crippen LogP contribution in [0.4, 0.5) is 0 Å². The normalized spacial score (nSPS) is 31.0. The van der Waals surface area contributed by atoms with Gasteiger partial charge >= 0.3 is 0 Å². The summed E-state index contributed by atoms with van der Waals surface area (Å²) in [5.74, 6) is 0.785. The Bertz CT molecular complexity index is 443. The van der Waals surface area contributed by atoms with Crippen LogP contribution in [-0.4, -0.2) is 17.8 Å². The highest BCUT2D eigenvalue weighted by atomic mass is 32.2. The van der Waals surface area contributed by atoms with Crippen molar-refractivity contribution in [3.8, 4) is 0 Å². The minimum atomic E-state index is 0.502. The number of amidine groups is 1. The molecule has 2 nitrogen and oxygen atoms in total. The Morgan fingerprint density at radius 2 is 1.95 bits per heavy atom. The second kappa shape index (κ2) is 6.00. The van der Waals surface area contributed by atoms with Crippen LogP contribution >= 0.6 is 11.8 Å². The van der Waals surface area contributed by atoms with Crippen LogP contribution in [0.25, 0.3) is 0 Å². The van der Waals surface area contributed by atoms with Crippen molar-refractivity contribution in [2.24, 2.45) is 10.9 Å². The Morgan fingerprint density at radius 1 is 1.16 bits per heavy atom. The Hall–Kier alpha value is -0.960. The molecule has 3 heteroatoms. The third-order valence-electron chi connectivity index (χ3n) is 4.25. The molecule has 1 aliphatic heterocycles. The molecule has 19 heavy (non-hydrogen) atoms. The van der Waals surface area contributed by atoms with Crippen LogP contribution in [0.15, 0.2) is 35.3 Å². The van der Waals surface area contributed by atoms with Gasteiger partial charge < -0.3 is 5.32 Å². The zero-order valence-corrected chi connectivity index (χ0v) is 12.3. The number of rotatable bonds is 2. The van der Waals surface area contributed by atoms with Gasteiger partial charge in [-0.15, -0.1) is 0 Å². The highest BCUT2D eigenvalue weighted by Crippen LogP contribution is 2.35. The molecule has 0 radical (unpaired) electrons. The summed E-state index contributed by atoms with van der Waals surface area (Å²) in [4.78, 5) is 4.69. The molecule has 0 amide bonds. The van der Waals surface area contributed by atoms with Crippen LogP contribution in [0.5, 0.6) is 0 Å². The van der Waals surface area contributed by atoms with Crippen molar-refractivity contribution in [3.63, 3.8) is 0 Å². The van der Waals surface area contributed by atoms with E-state index in [1.165, 1.54) is 31.2 Å². The zero-order chi connectivity index (χ0) is 13.1. The molecular weight excluding hydrogens is 252 g/mol. The van der Waals surface area contributed by atoms with E-state index in [-0.39, 0.29) is 0 Å². The first-order valence-electron chi connectivity index (χ1n) is 7.35. The molecule has 1 aliphatic carbocycles. The van der Waals surface area contributed by atoms with Crippen molar-refractivity contribution in [2.75, 3.05) is 6.54 Å². The minimum absolute atomic E-state index is 0.502. The van der Waals surface area contributed by atoms with Gasteiger partial charge in [0, 0.05) is 6.04 Å². The molecule has 1 fully saturated rings. The number of nitrogens with zero attached hydrogens (tertiary/aromatic N) is 1. The second-order valence-corrected chi connectivity index (χ2v) is 6.87. The molecule has 1 aromatic rings. The van der Waals surface area contributed by atoms with Crippen molar-refractivity contribution in [2.45, 2.75) is 43.9 Å². The van der Waals surface area contributed by atoms with E-state index in [1.54, 1.807) is 0 Å². The monoisotopic (exact) mass is 274 g/mol. The minimum Gasteiger partial charge on any atom is -0.362 e. The average molecular weight is 274 g/mol. The maximum Gasteiger partial charge on any atom is 0.157 e. The fraction of sp³-hybridized carbons (Fsp3) is 0.562. The lowest BCUT2D eigenvalue weighted by Crippen LogP contribution is -2.39. The quantitative estimate of drug-likeness (QED) is 0.881. The second-order valence-electron chi connectivity index (χ2n) is 5.68. The molecule has 0 aromatic heterocycles. The summed E-state index contributed by atoms with van der Waals surface area (Å²) < 4.78 is 0. The number of aliphatic imine (C=N–C) groups is 1. The van der Waals surface area contributed by atoms with E-state index in [0.717, 1.165) is 17.6 Å². The maximum atomic E-state index is 4.69. The molecular formula is C16H22N2S. The highest BCUT2D eigenvalue weighted by Gasteiger charge is 2.26. The SMILES string of the molecule is CC1CCCCC1NC1=NCC(c2ccccc2)S1. The van der Waals surface area contributed by atoms with Crippen LogP contribution < -0.4 is 5.32 Å². The van der Waals surface area contributed by atoms with E-state index >= 15 is 0 Å². The van der Waals surface area contributed by atoms with Gasteiger partial charge in [-0.1, -0.05) is 61.9 Å². The standard InChI is InChI=1S/C16H22N2S/c1-12-7-5-6-10-14(12)18-16-17-11-15(19-16)13-8-3-2-4-9-13/h2-4,8-9,12,14-15H,5-7,10-11H2,1H3,(H,17,18). The van der Waals surface area contributed by atoms with Gasteiger partial charge in [-0.05, 0) is 24.3 Å². The highest BCUT2D eigenvalue weighted by molar-refractivity contribution is 8.14. The molecule has 0 saturated heterocycles. The number of benzene rings is 1. The summed E-state index contributed by atoms with van der Waals surface area (Å²) in [5.41, 5.74) is 1.39. The number of hydrogen-bond donors (Lipinski definition) is 1. The van der Waals surface area contributed by atoms with E-state index in [1.807, 2.05) is 11.8 Å². The van der Waals surface area contributed by atoms with Gasteiger partial charge in [0.15, 0.2) is 5.17 Å². The lowest BCUT2D eigenvalue weighted by molar-refractivity contribution is 0.310. The lowest BCUT2D eigenvalue weighted by Gasteiger charge is -2.30. The summed E-state index contributed by atoms with van der Waals surface area (Å²) >= 11 is 1.90. The Labute approximate surface area is 120 Å². The summed E-state index contributed by atoms with van der Waals surface area (Å²) in [6.07, 6.45) is 5.42. The molecule has 102 valence electrons. The van der Waals surface area contributed by atoms with Gasteiger partial charge in [0.1, 0.15) is 0 Å². The van der Waals surface area contributed by atoms with Gasteiger partial charge in [0.2, 0.25) is 0 Å².